The Hall–Kier alpha value is -1.85. The van der Waals surface area contributed by atoms with Crippen LogP contribution in [-0.2, 0) is 15.8 Å². The van der Waals surface area contributed by atoms with Gasteiger partial charge < -0.3 is 4.74 Å². The first-order chi connectivity index (χ1) is 11.1. The third-order valence-corrected chi connectivity index (χ3v) is 5.88. The molecule has 0 spiro atoms. The molecule has 5 heteroatoms. The molecule has 1 heterocycles. The van der Waals surface area contributed by atoms with Gasteiger partial charge in [0.1, 0.15) is 11.9 Å². The Morgan fingerprint density at radius 3 is 2.09 bits per heavy atom. The molecule has 0 aromatic heterocycles. The van der Waals surface area contributed by atoms with E-state index < -0.39 is 10.0 Å². The van der Waals surface area contributed by atoms with Crippen LogP contribution in [0.2, 0.25) is 0 Å². The fraction of sp³-hybridized carbons (Fsp3) is 0.333. The summed E-state index contributed by atoms with van der Waals surface area (Å²) < 4.78 is 32.5. The zero-order chi connectivity index (χ0) is 16.1. The van der Waals surface area contributed by atoms with Crippen LogP contribution in [0.25, 0.3) is 0 Å². The molecule has 23 heavy (non-hydrogen) atoms. The van der Waals surface area contributed by atoms with Crippen LogP contribution in [0.4, 0.5) is 0 Å². The lowest BCUT2D eigenvalue weighted by atomic mass is 10.1. The quantitative estimate of drug-likeness (QED) is 0.846. The fourth-order valence-electron chi connectivity index (χ4n) is 2.80. The van der Waals surface area contributed by atoms with Crippen molar-refractivity contribution in [3.8, 4) is 5.75 Å². The molecule has 1 fully saturated rings. The second kappa shape index (κ2) is 7.15. The number of para-hydroxylation sites is 1. The zero-order valence-electron chi connectivity index (χ0n) is 13.0. The summed E-state index contributed by atoms with van der Waals surface area (Å²) in [5.74, 6) is 0.913. The number of piperidine rings is 1. The van der Waals surface area contributed by atoms with E-state index in [1.807, 2.05) is 60.7 Å². The van der Waals surface area contributed by atoms with Crippen LogP contribution >= 0.6 is 0 Å². The minimum Gasteiger partial charge on any atom is -0.490 e. The van der Waals surface area contributed by atoms with E-state index in [4.69, 9.17) is 4.74 Å². The van der Waals surface area contributed by atoms with Crippen LogP contribution in [0.1, 0.15) is 18.4 Å². The summed E-state index contributed by atoms with van der Waals surface area (Å²) in [6.07, 6.45) is 1.53. The lowest BCUT2D eigenvalue weighted by Gasteiger charge is -2.31. The normalized spacial score (nSPS) is 17.0. The maximum Gasteiger partial charge on any atom is 0.218 e. The van der Waals surface area contributed by atoms with Gasteiger partial charge in [-0.1, -0.05) is 48.5 Å². The van der Waals surface area contributed by atoms with E-state index in [1.165, 1.54) is 0 Å². The maximum absolute atomic E-state index is 12.5. The van der Waals surface area contributed by atoms with E-state index >= 15 is 0 Å². The summed E-state index contributed by atoms with van der Waals surface area (Å²) >= 11 is 0. The van der Waals surface area contributed by atoms with Gasteiger partial charge in [-0.25, -0.2) is 12.7 Å². The van der Waals surface area contributed by atoms with Crippen LogP contribution in [0.5, 0.6) is 5.75 Å². The summed E-state index contributed by atoms with van der Waals surface area (Å²) in [6.45, 7) is 1.04. The summed E-state index contributed by atoms with van der Waals surface area (Å²) in [5, 5.41) is 0. The van der Waals surface area contributed by atoms with Crippen molar-refractivity contribution in [2.75, 3.05) is 13.1 Å². The van der Waals surface area contributed by atoms with Gasteiger partial charge in [-0.05, 0) is 30.5 Å². The number of nitrogens with zero attached hydrogens (tertiary/aromatic N) is 1. The molecule has 4 nitrogen and oxygen atoms in total. The average Bonchev–Trinajstić information content (AvgIpc) is 2.57. The predicted molar refractivity (Wildman–Crippen MR) is 90.7 cm³/mol. The predicted octanol–water partition coefficient (Wildman–Crippen LogP) is 3.06. The first-order valence-corrected chi connectivity index (χ1v) is 9.48. The van der Waals surface area contributed by atoms with Gasteiger partial charge in [-0.2, -0.15) is 0 Å². The van der Waals surface area contributed by atoms with Crippen LogP contribution in [-0.4, -0.2) is 31.9 Å². The highest BCUT2D eigenvalue weighted by atomic mass is 32.2. The Morgan fingerprint density at radius 1 is 0.913 bits per heavy atom. The standard InChI is InChI=1S/C18H21NO3S/c20-23(21,15-16-7-3-1-4-8-16)19-13-11-18(12-14-19)22-17-9-5-2-6-10-17/h1-10,18H,11-15H2. The lowest BCUT2D eigenvalue weighted by molar-refractivity contribution is 0.135. The number of hydrogen-bond donors (Lipinski definition) is 0. The van der Waals surface area contributed by atoms with E-state index in [9.17, 15) is 8.42 Å². The lowest BCUT2D eigenvalue weighted by Crippen LogP contribution is -2.42. The Morgan fingerprint density at radius 2 is 1.48 bits per heavy atom. The molecule has 0 amide bonds. The number of ether oxygens (including phenoxy) is 1. The molecule has 0 bridgehead atoms. The van der Waals surface area contributed by atoms with E-state index in [1.54, 1.807) is 4.31 Å². The van der Waals surface area contributed by atoms with Gasteiger partial charge in [0.2, 0.25) is 10.0 Å². The van der Waals surface area contributed by atoms with Crippen molar-refractivity contribution in [2.24, 2.45) is 0 Å². The van der Waals surface area contributed by atoms with Crippen molar-refractivity contribution in [3.63, 3.8) is 0 Å². The molecule has 2 aromatic carbocycles. The van der Waals surface area contributed by atoms with Crippen LogP contribution in [0.15, 0.2) is 60.7 Å². The fourth-order valence-corrected chi connectivity index (χ4v) is 4.36. The van der Waals surface area contributed by atoms with E-state index in [-0.39, 0.29) is 11.9 Å². The number of hydrogen-bond acceptors (Lipinski definition) is 3. The molecule has 1 aliphatic heterocycles. The molecule has 1 aliphatic rings. The topological polar surface area (TPSA) is 46.6 Å². The summed E-state index contributed by atoms with van der Waals surface area (Å²) in [4.78, 5) is 0. The van der Waals surface area contributed by atoms with Crippen molar-refractivity contribution in [2.45, 2.75) is 24.7 Å². The van der Waals surface area contributed by atoms with E-state index in [0.717, 1.165) is 24.2 Å². The van der Waals surface area contributed by atoms with Gasteiger partial charge in [-0.3, -0.25) is 0 Å². The molecule has 0 aliphatic carbocycles. The molecule has 0 atom stereocenters. The van der Waals surface area contributed by atoms with Crippen LogP contribution in [0.3, 0.4) is 0 Å². The molecule has 0 unspecified atom stereocenters. The number of sulfonamides is 1. The molecule has 3 rings (SSSR count). The molecule has 0 saturated carbocycles. The molecule has 0 radical (unpaired) electrons. The molecule has 122 valence electrons. The Bertz CT molecular complexity index is 708. The van der Waals surface area contributed by atoms with Crippen LogP contribution < -0.4 is 4.74 Å². The molecule has 1 saturated heterocycles. The molecular weight excluding hydrogens is 310 g/mol. The Balaban J connectivity index is 1.56. The first-order valence-electron chi connectivity index (χ1n) is 7.87. The van der Waals surface area contributed by atoms with Gasteiger partial charge in [0.05, 0.1) is 5.75 Å². The second-order valence-corrected chi connectivity index (χ2v) is 7.74. The highest BCUT2D eigenvalue weighted by molar-refractivity contribution is 7.88. The van der Waals surface area contributed by atoms with Gasteiger partial charge in [0, 0.05) is 13.1 Å². The minimum absolute atomic E-state index is 0.0675. The van der Waals surface area contributed by atoms with Crippen LogP contribution in [0, 0.1) is 0 Å². The summed E-state index contributed by atoms with van der Waals surface area (Å²) in [6, 6.07) is 19.0. The van der Waals surface area contributed by atoms with Crippen molar-refractivity contribution >= 4 is 10.0 Å². The SMILES string of the molecule is O=S(=O)(Cc1ccccc1)N1CCC(Oc2ccccc2)CC1. The largest absolute Gasteiger partial charge is 0.490 e. The Kier molecular flexibility index (Phi) is 4.98. The minimum atomic E-state index is -3.25. The van der Waals surface area contributed by atoms with Crippen molar-refractivity contribution in [1.82, 2.24) is 4.31 Å². The van der Waals surface area contributed by atoms with Gasteiger partial charge >= 0.3 is 0 Å². The van der Waals surface area contributed by atoms with Crippen molar-refractivity contribution in [3.05, 3.63) is 66.2 Å². The molecule has 2 aromatic rings. The highest BCUT2D eigenvalue weighted by Gasteiger charge is 2.28. The Labute approximate surface area is 137 Å². The second-order valence-electron chi connectivity index (χ2n) is 5.77. The average molecular weight is 331 g/mol. The number of benzene rings is 2. The molecular formula is C18H21NO3S. The smallest absolute Gasteiger partial charge is 0.218 e. The third-order valence-electron chi connectivity index (χ3n) is 4.03. The van der Waals surface area contributed by atoms with Crippen molar-refractivity contribution in [1.29, 1.82) is 0 Å². The first kappa shape index (κ1) is 16.0. The summed E-state index contributed by atoms with van der Waals surface area (Å²) in [7, 11) is -3.25. The molecule has 0 N–H and O–H groups in total. The van der Waals surface area contributed by atoms with Gasteiger partial charge in [-0.15, -0.1) is 0 Å². The monoisotopic (exact) mass is 331 g/mol. The third kappa shape index (κ3) is 4.33. The highest BCUT2D eigenvalue weighted by Crippen LogP contribution is 2.21. The van der Waals surface area contributed by atoms with Gasteiger partial charge in [0.15, 0.2) is 0 Å². The van der Waals surface area contributed by atoms with Gasteiger partial charge in [0.25, 0.3) is 0 Å². The number of rotatable bonds is 5. The van der Waals surface area contributed by atoms with E-state index in [0.29, 0.717) is 13.1 Å². The van der Waals surface area contributed by atoms with E-state index in [2.05, 4.69) is 0 Å². The zero-order valence-corrected chi connectivity index (χ0v) is 13.8. The summed E-state index contributed by atoms with van der Waals surface area (Å²) in [5.41, 5.74) is 0.829. The maximum atomic E-state index is 12.5. The van der Waals surface area contributed by atoms with Crippen molar-refractivity contribution < 1.29 is 13.2 Å².